The van der Waals surface area contributed by atoms with E-state index in [9.17, 15) is 22.4 Å². The number of halogens is 1. The van der Waals surface area contributed by atoms with Crippen LogP contribution in [0.15, 0.2) is 53.6 Å². The van der Waals surface area contributed by atoms with Crippen molar-refractivity contribution in [1.29, 1.82) is 0 Å². The van der Waals surface area contributed by atoms with Gasteiger partial charge in [0.25, 0.3) is 0 Å². The first-order valence-corrected chi connectivity index (χ1v) is 12.9. The summed E-state index contributed by atoms with van der Waals surface area (Å²) in [7, 11) is -3.85. The Hall–Kier alpha value is -2.85. The van der Waals surface area contributed by atoms with Gasteiger partial charge in [0.1, 0.15) is 11.9 Å². The minimum atomic E-state index is -3.85. The number of benzene rings is 1. The van der Waals surface area contributed by atoms with Crippen LogP contribution in [-0.4, -0.2) is 48.7 Å². The number of hydrogen-bond donors (Lipinski definition) is 2. The van der Waals surface area contributed by atoms with Crippen molar-refractivity contribution in [2.45, 2.75) is 50.6 Å². The van der Waals surface area contributed by atoms with Gasteiger partial charge >= 0.3 is 0 Å². The normalized spacial score (nSPS) is 18.6. The Bertz CT molecular complexity index is 1080. The molecule has 34 heavy (non-hydrogen) atoms. The molecular weight excluding hydrogens is 459 g/mol. The molecule has 1 aliphatic rings. The first kappa shape index (κ1) is 25.8. The number of amides is 2. The summed E-state index contributed by atoms with van der Waals surface area (Å²) in [6.07, 6.45) is 3.35. The second kappa shape index (κ2) is 11.5. The Morgan fingerprint density at radius 1 is 1.21 bits per heavy atom. The highest BCUT2D eigenvalue weighted by Gasteiger charge is 2.35. The summed E-state index contributed by atoms with van der Waals surface area (Å²) < 4.78 is 40.4. The number of nitrogens with one attached hydrogen (secondary N) is 2. The van der Waals surface area contributed by atoms with Crippen LogP contribution in [0.25, 0.3) is 0 Å². The number of piperidine rings is 1. The van der Waals surface area contributed by atoms with Crippen LogP contribution in [0.4, 0.5) is 4.39 Å². The van der Waals surface area contributed by atoms with Gasteiger partial charge in [-0.05, 0) is 55.2 Å². The summed E-state index contributed by atoms with van der Waals surface area (Å²) in [5, 5.41) is 5.68. The molecule has 1 saturated heterocycles. The number of rotatable bonds is 9. The van der Waals surface area contributed by atoms with Crippen LogP contribution in [0.3, 0.4) is 0 Å². The molecule has 2 amide bonds. The van der Waals surface area contributed by atoms with Gasteiger partial charge in [0.05, 0.1) is 23.1 Å². The van der Waals surface area contributed by atoms with Crippen LogP contribution in [-0.2, 0) is 26.2 Å². The van der Waals surface area contributed by atoms with Gasteiger partial charge in [-0.25, -0.2) is 12.8 Å². The fourth-order valence-electron chi connectivity index (χ4n) is 3.89. The number of hydrogen-bond acceptors (Lipinski definition) is 5. The molecule has 8 nitrogen and oxygen atoms in total. The third kappa shape index (κ3) is 6.38. The lowest BCUT2D eigenvalue weighted by atomic mass is 9.94. The van der Waals surface area contributed by atoms with Crippen LogP contribution >= 0.6 is 0 Å². The lowest BCUT2D eigenvalue weighted by Gasteiger charge is -2.32. The monoisotopic (exact) mass is 490 g/mol. The van der Waals surface area contributed by atoms with Crippen molar-refractivity contribution in [3.8, 4) is 0 Å². The summed E-state index contributed by atoms with van der Waals surface area (Å²) in [5.41, 5.74) is 0.707. The fraction of sp³-hybridized carbons (Fsp3) is 0.458. The van der Waals surface area contributed by atoms with E-state index in [0.717, 1.165) is 12.1 Å². The van der Waals surface area contributed by atoms with Gasteiger partial charge in [-0.1, -0.05) is 26.3 Å². The lowest BCUT2D eigenvalue weighted by Crippen LogP contribution is -2.53. The third-order valence-corrected chi connectivity index (χ3v) is 8.05. The molecule has 0 spiro atoms. The van der Waals surface area contributed by atoms with Gasteiger partial charge in [-0.3, -0.25) is 14.6 Å². The zero-order valence-electron chi connectivity index (χ0n) is 19.4. The lowest BCUT2D eigenvalue weighted by molar-refractivity contribution is -0.133. The first-order chi connectivity index (χ1) is 16.2. The maximum Gasteiger partial charge on any atom is 0.243 e. The van der Waals surface area contributed by atoms with Gasteiger partial charge in [0.15, 0.2) is 0 Å². The Labute approximate surface area is 200 Å². The molecule has 0 aliphatic carbocycles. The standard InChI is InChI=1S/C24H31FN4O4S/c1-3-17(2)22(24(31)27-15-20-8-4-5-13-26-20)28-23(30)18-7-6-14-29(16-18)34(32,33)21-11-9-19(25)10-12-21/h4-5,8-13,17-18,22H,3,6-7,14-16H2,1-2H3,(H,27,31)(H,28,30)/t17?,18?,22-/m1/s1. The molecule has 3 atom stereocenters. The van der Waals surface area contributed by atoms with E-state index in [0.29, 0.717) is 25.0 Å². The summed E-state index contributed by atoms with van der Waals surface area (Å²) in [6, 6.07) is 9.32. The summed E-state index contributed by atoms with van der Waals surface area (Å²) >= 11 is 0. The molecule has 184 valence electrons. The molecule has 2 aromatic rings. The smallest absolute Gasteiger partial charge is 0.243 e. The van der Waals surface area contributed by atoms with Crippen molar-refractivity contribution in [2.75, 3.05) is 13.1 Å². The zero-order chi connectivity index (χ0) is 24.7. The molecular formula is C24H31FN4O4S. The van der Waals surface area contributed by atoms with E-state index in [1.54, 1.807) is 18.3 Å². The molecule has 2 N–H and O–H groups in total. The van der Waals surface area contributed by atoms with Crippen molar-refractivity contribution in [1.82, 2.24) is 19.9 Å². The van der Waals surface area contributed by atoms with Crippen molar-refractivity contribution in [3.63, 3.8) is 0 Å². The highest BCUT2D eigenvalue weighted by molar-refractivity contribution is 7.89. The summed E-state index contributed by atoms with van der Waals surface area (Å²) in [6.45, 7) is 4.36. The Morgan fingerprint density at radius 3 is 2.59 bits per heavy atom. The van der Waals surface area contributed by atoms with E-state index in [-0.39, 0.29) is 42.3 Å². The third-order valence-electron chi connectivity index (χ3n) is 6.17. The van der Waals surface area contributed by atoms with Gasteiger partial charge in [-0.15, -0.1) is 0 Å². The van der Waals surface area contributed by atoms with Gasteiger partial charge in [0, 0.05) is 19.3 Å². The maximum absolute atomic E-state index is 13.2. The molecule has 10 heteroatoms. The van der Waals surface area contributed by atoms with Crippen LogP contribution in [0.1, 0.15) is 38.8 Å². The average molecular weight is 491 g/mol. The topological polar surface area (TPSA) is 108 Å². The van der Waals surface area contributed by atoms with Crippen LogP contribution < -0.4 is 10.6 Å². The molecule has 2 heterocycles. The minimum Gasteiger partial charge on any atom is -0.349 e. The summed E-state index contributed by atoms with van der Waals surface area (Å²) in [4.78, 5) is 30.1. The largest absolute Gasteiger partial charge is 0.349 e. The van der Waals surface area contributed by atoms with Crippen molar-refractivity contribution < 1.29 is 22.4 Å². The number of pyridine rings is 1. The molecule has 2 unspecified atom stereocenters. The Morgan fingerprint density at radius 2 is 1.94 bits per heavy atom. The maximum atomic E-state index is 13.2. The highest BCUT2D eigenvalue weighted by Crippen LogP contribution is 2.24. The molecule has 0 bridgehead atoms. The Kier molecular flexibility index (Phi) is 8.73. The van der Waals surface area contributed by atoms with Gasteiger partial charge in [-0.2, -0.15) is 4.31 Å². The van der Waals surface area contributed by atoms with Crippen molar-refractivity contribution >= 4 is 21.8 Å². The van der Waals surface area contributed by atoms with E-state index >= 15 is 0 Å². The van der Waals surface area contributed by atoms with Gasteiger partial charge < -0.3 is 10.6 Å². The van der Waals surface area contributed by atoms with Crippen molar-refractivity contribution in [2.24, 2.45) is 11.8 Å². The number of carbonyl (C=O) groups is 2. The van der Waals surface area contributed by atoms with E-state index in [4.69, 9.17) is 0 Å². The zero-order valence-corrected chi connectivity index (χ0v) is 20.2. The van der Waals surface area contributed by atoms with Crippen molar-refractivity contribution in [3.05, 3.63) is 60.2 Å². The first-order valence-electron chi connectivity index (χ1n) is 11.5. The molecule has 0 radical (unpaired) electrons. The average Bonchev–Trinajstić information content (AvgIpc) is 2.86. The quantitative estimate of drug-likeness (QED) is 0.561. The number of aromatic nitrogens is 1. The summed E-state index contributed by atoms with van der Waals surface area (Å²) in [5.74, 6) is -1.88. The predicted octanol–water partition coefficient (Wildman–Crippen LogP) is 2.47. The number of carbonyl (C=O) groups excluding carboxylic acids is 2. The van der Waals surface area contributed by atoms with Crippen LogP contribution in [0.2, 0.25) is 0 Å². The van der Waals surface area contributed by atoms with E-state index in [1.165, 1.54) is 16.4 Å². The van der Waals surface area contributed by atoms with Crippen LogP contribution in [0.5, 0.6) is 0 Å². The number of sulfonamides is 1. The molecule has 1 aromatic carbocycles. The van der Waals surface area contributed by atoms with E-state index < -0.39 is 27.8 Å². The number of nitrogens with zero attached hydrogens (tertiary/aromatic N) is 2. The molecule has 1 aromatic heterocycles. The highest BCUT2D eigenvalue weighted by atomic mass is 32.2. The molecule has 1 aliphatic heterocycles. The molecule has 0 saturated carbocycles. The minimum absolute atomic E-state index is 0.00826. The SMILES string of the molecule is CCC(C)[C@@H](NC(=O)C1CCCN(S(=O)(=O)c2ccc(F)cc2)C1)C(=O)NCc1ccccn1. The molecule has 3 rings (SSSR count). The second-order valence-corrected chi connectivity index (χ2v) is 10.5. The Balaban J connectivity index is 1.66. The van der Waals surface area contributed by atoms with Gasteiger partial charge in [0.2, 0.25) is 21.8 Å². The van der Waals surface area contributed by atoms with E-state index in [1.807, 2.05) is 19.9 Å². The molecule has 1 fully saturated rings. The van der Waals surface area contributed by atoms with E-state index in [2.05, 4.69) is 15.6 Å². The fourth-order valence-corrected chi connectivity index (χ4v) is 5.42. The predicted molar refractivity (Wildman–Crippen MR) is 125 cm³/mol. The van der Waals surface area contributed by atoms with Crippen LogP contribution in [0, 0.1) is 17.7 Å². The second-order valence-electron chi connectivity index (χ2n) is 8.57.